The maximum absolute atomic E-state index is 12.2. The molecule has 1 saturated heterocycles. The SMILES string of the molecule is CCNc1cnc(C(=O)N2CCC(OC)CC2)cn1. The average molecular weight is 264 g/mol. The lowest BCUT2D eigenvalue weighted by Crippen LogP contribution is -2.40. The molecule has 1 fully saturated rings. The molecular formula is C13H20N4O2. The summed E-state index contributed by atoms with van der Waals surface area (Å²) < 4.78 is 5.29. The molecule has 0 radical (unpaired) electrons. The Morgan fingerprint density at radius 3 is 2.68 bits per heavy atom. The molecule has 1 amide bonds. The Hall–Kier alpha value is -1.69. The number of nitrogens with zero attached hydrogens (tertiary/aromatic N) is 3. The van der Waals surface area contributed by atoms with E-state index in [4.69, 9.17) is 4.74 Å². The van der Waals surface area contributed by atoms with Gasteiger partial charge in [-0.1, -0.05) is 0 Å². The summed E-state index contributed by atoms with van der Waals surface area (Å²) in [4.78, 5) is 22.4. The summed E-state index contributed by atoms with van der Waals surface area (Å²) >= 11 is 0. The van der Waals surface area contributed by atoms with Crippen molar-refractivity contribution in [1.82, 2.24) is 14.9 Å². The second kappa shape index (κ2) is 6.47. The molecule has 0 aromatic carbocycles. The molecule has 1 aromatic rings. The molecule has 0 atom stereocenters. The van der Waals surface area contributed by atoms with Crippen molar-refractivity contribution in [1.29, 1.82) is 0 Å². The van der Waals surface area contributed by atoms with E-state index in [0.29, 0.717) is 24.6 Å². The molecule has 104 valence electrons. The Labute approximate surface area is 113 Å². The Kier molecular flexibility index (Phi) is 4.68. The van der Waals surface area contributed by atoms with Gasteiger partial charge in [-0.3, -0.25) is 4.79 Å². The number of carbonyl (C=O) groups is 1. The van der Waals surface area contributed by atoms with Crippen molar-refractivity contribution in [2.45, 2.75) is 25.9 Å². The number of piperidine rings is 1. The van der Waals surface area contributed by atoms with Gasteiger partial charge < -0.3 is 15.0 Å². The monoisotopic (exact) mass is 264 g/mol. The zero-order valence-corrected chi connectivity index (χ0v) is 11.4. The highest BCUT2D eigenvalue weighted by Gasteiger charge is 2.24. The topological polar surface area (TPSA) is 67.4 Å². The third-order valence-corrected chi connectivity index (χ3v) is 3.29. The molecule has 1 aliphatic rings. The van der Waals surface area contributed by atoms with Crippen molar-refractivity contribution < 1.29 is 9.53 Å². The number of hydrogen-bond acceptors (Lipinski definition) is 5. The third kappa shape index (κ3) is 3.41. The fourth-order valence-electron chi connectivity index (χ4n) is 2.17. The Bertz CT molecular complexity index is 413. The summed E-state index contributed by atoms with van der Waals surface area (Å²) in [6, 6.07) is 0. The molecule has 0 unspecified atom stereocenters. The van der Waals surface area contributed by atoms with E-state index in [-0.39, 0.29) is 12.0 Å². The van der Waals surface area contributed by atoms with Crippen LogP contribution in [0, 0.1) is 0 Å². The van der Waals surface area contributed by atoms with Crippen molar-refractivity contribution in [2.75, 3.05) is 32.1 Å². The first-order valence-corrected chi connectivity index (χ1v) is 6.62. The van der Waals surface area contributed by atoms with Crippen molar-refractivity contribution in [3.8, 4) is 0 Å². The van der Waals surface area contributed by atoms with E-state index in [9.17, 15) is 4.79 Å². The van der Waals surface area contributed by atoms with Gasteiger partial charge in [0.15, 0.2) is 0 Å². The standard InChI is InChI=1S/C13H20N4O2/c1-3-14-12-9-15-11(8-16-12)13(18)17-6-4-10(19-2)5-7-17/h8-10H,3-7H2,1-2H3,(H,14,16). The zero-order chi connectivity index (χ0) is 13.7. The van der Waals surface area contributed by atoms with Gasteiger partial charge in [-0.2, -0.15) is 0 Å². The van der Waals surface area contributed by atoms with Gasteiger partial charge in [-0.15, -0.1) is 0 Å². The smallest absolute Gasteiger partial charge is 0.274 e. The fourth-order valence-corrected chi connectivity index (χ4v) is 2.17. The minimum atomic E-state index is -0.0508. The number of amides is 1. The van der Waals surface area contributed by atoms with Gasteiger partial charge in [-0.25, -0.2) is 9.97 Å². The lowest BCUT2D eigenvalue weighted by molar-refractivity contribution is 0.0347. The summed E-state index contributed by atoms with van der Waals surface area (Å²) in [7, 11) is 1.72. The predicted molar refractivity (Wildman–Crippen MR) is 72.1 cm³/mol. The first-order valence-electron chi connectivity index (χ1n) is 6.62. The van der Waals surface area contributed by atoms with Crippen LogP contribution in [0.25, 0.3) is 0 Å². The first-order chi connectivity index (χ1) is 9.24. The summed E-state index contributed by atoms with van der Waals surface area (Å²) in [5.41, 5.74) is 0.400. The van der Waals surface area contributed by atoms with E-state index in [2.05, 4.69) is 15.3 Å². The van der Waals surface area contributed by atoms with Gasteiger partial charge in [0.25, 0.3) is 5.91 Å². The van der Waals surface area contributed by atoms with Gasteiger partial charge >= 0.3 is 0 Å². The van der Waals surface area contributed by atoms with Crippen LogP contribution in [0.4, 0.5) is 5.82 Å². The number of anilines is 1. The number of carbonyl (C=O) groups excluding carboxylic acids is 1. The van der Waals surface area contributed by atoms with E-state index in [0.717, 1.165) is 19.4 Å². The lowest BCUT2D eigenvalue weighted by Gasteiger charge is -2.30. The molecule has 2 rings (SSSR count). The molecule has 0 aliphatic carbocycles. The van der Waals surface area contributed by atoms with Crippen LogP contribution in [0.15, 0.2) is 12.4 Å². The summed E-state index contributed by atoms with van der Waals surface area (Å²) in [6.07, 6.45) is 5.16. The van der Waals surface area contributed by atoms with E-state index in [1.807, 2.05) is 11.8 Å². The molecule has 1 aliphatic heterocycles. The van der Waals surface area contributed by atoms with Gasteiger partial charge in [0.2, 0.25) is 0 Å². The van der Waals surface area contributed by atoms with Crippen molar-refractivity contribution in [2.24, 2.45) is 0 Å². The van der Waals surface area contributed by atoms with Crippen LogP contribution < -0.4 is 5.32 Å². The maximum Gasteiger partial charge on any atom is 0.274 e. The van der Waals surface area contributed by atoms with Crippen molar-refractivity contribution in [3.05, 3.63) is 18.1 Å². The van der Waals surface area contributed by atoms with Crippen LogP contribution in [0.1, 0.15) is 30.3 Å². The van der Waals surface area contributed by atoms with Crippen LogP contribution in [0.2, 0.25) is 0 Å². The van der Waals surface area contributed by atoms with Crippen LogP contribution in [-0.2, 0) is 4.74 Å². The fraction of sp³-hybridized carbons (Fsp3) is 0.615. The van der Waals surface area contributed by atoms with Gasteiger partial charge in [-0.05, 0) is 19.8 Å². The molecule has 19 heavy (non-hydrogen) atoms. The molecule has 1 aromatic heterocycles. The number of nitrogens with one attached hydrogen (secondary N) is 1. The lowest BCUT2D eigenvalue weighted by atomic mass is 10.1. The Morgan fingerprint density at radius 2 is 2.16 bits per heavy atom. The quantitative estimate of drug-likeness (QED) is 0.884. The largest absolute Gasteiger partial charge is 0.381 e. The summed E-state index contributed by atoms with van der Waals surface area (Å²) in [5.74, 6) is 0.641. The molecule has 6 nitrogen and oxygen atoms in total. The van der Waals surface area contributed by atoms with E-state index in [1.54, 1.807) is 13.3 Å². The summed E-state index contributed by atoms with van der Waals surface area (Å²) in [6.45, 7) is 4.20. The van der Waals surface area contributed by atoms with Crippen LogP contribution in [0.3, 0.4) is 0 Å². The van der Waals surface area contributed by atoms with Gasteiger partial charge in [0.1, 0.15) is 11.5 Å². The highest BCUT2D eigenvalue weighted by molar-refractivity contribution is 5.92. The molecule has 2 heterocycles. The molecule has 0 saturated carbocycles. The second-order valence-corrected chi connectivity index (χ2v) is 4.54. The van der Waals surface area contributed by atoms with E-state index < -0.39 is 0 Å². The van der Waals surface area contributed by atoms with Gasteiger partial charge in [0, 0.05) is 26.7 Å². The number of rotatable bonds is 4. The van der Waals surface area contributed by atoms with E-state index >= 15 is 0 Å². The van der Waals surface area contributed by atoms with Crippen LogP contribution >= 0.6 is 0 Å². The van der Waals surface area contributed by atoms with Crippen LogP contribution in [-0.4, -0.2) is 53.6 Å². The van der Waals surface area contributed by atoms with E-state index in [1.165, 1.54) is 6.20 Å². The number of likely N-dealkylation sites (tertiary alicyclic amines) is 1. The highest BCUT2D eigenvalue weighted by atomic mass is 16.5. The summed E-state index contributed by atoms with van der Waals surface area (Å²) in [5, 5.41) is 3.05. The average Bonchev–Trinajstić information content (AvgIpc) is 2.48. The van der Waals surface area contributed by atoms with Crippen LogP contribution in [0.5, 0.6) is 0 Å². The third-order valence-electron chi connectivity index (χ3n) is 3.29. The molecular weight excluding hydrogens is 244 g/mol. The maximum atomic E-state index is 12.2. The molecule has 0 spiro atoms. The Morgan fingerprint density at radius 1 is 1.42 bits per heavy atom. The number of ether oxygens (including phenoxy) is 1. The highest BCUT2D eigenvalue weighted by Crippen LogP contribution is 2.15. The predicted octanol–water partition coefficient (Wildman–Crippen LogP) is 1.16. The molecule has 1 N–H and O–H groups in total. The number of methoxy groups -OCH3 is 1. The van der Waals surface area contributed by atoms with Crippen molar-refractivity contribution >= 4 is 11.7 Å². The minimum absolute atomic E-state index is 0.0508. The van der Waals surface area contributed by atoms with Gasteiger partial charge in [0.05, 0.1) is 18.5 Å². The normalized spacial score (nSPS) is 16.4. The first kappa shape index (κ1) is 13.7. The number of hydrogen-bond donors (Lipinski definition) is 1. The zero-order valence-electron chi connectivity index (χ0n) is 11.4. The Balaban J connectivity index is 1.96. The molecule has 6 heteroatoms. The second-order valence-electron chi connectivity index (χ2n) is 4.54. The molecule has 0 bridgehead atoms. The minimum Gasteiger partial charge on any atom is -0.381 e. The van der Waals surface area contributed by atoms with Crippen molar-refractivity contribution in [3.63, 3.8) is 0 Å². The number of aromatic nitrogens is 2.